The van der Waals surface area contributed by atoms with Crippen LogP contribution in [0.4, 0.5) is 5.69 Å². The van der Waals surface area contributed by atoms with Gasteiger partial charge in [-0.25, -0.2) is 0 Å². The molecule has 108 valence electrons. The molecule has 1 unspecified atom stereocenters. The van der Waals surface area contributed by atoms with Crippen molar-refractivity contribution < 1.29 is 9.72 Å². The first kappa shape index (κ1) is 14.7. The van der Waals surface area contributed by atoms with Gasteiger partial charge in [0.25, 0.3) is 5.69 Å². The molecule has 0 aliphatic carbocycles. The molecule has 1 amide bonds. The number of halogens is 1. The first-order chi connectivity index (χ1) is 9.49. The number of hydrogen-bond donors (Lipinski definition) is 2. The van der Waals surface area contributed by atoms with Gasteiger partial charge in [0.05, 0.1) is 4.92 Å². The fourth-order valence-electron chi connectivity index (χ4n) is 2.03. The van der Waals surface area contributed by atoms with Crippen LogP contribution in [0.25, 0.3) is 0 Å². The Kier molecular flexibility index (Phi) is 4.57. The van der Waals surface area contributed by atoms with Crippen molar-refractivity contribution in [3.8, 4) is 0 Å². The summed E-state index contributed by atoms with van der Waals surface area (Å²) >= 11 is 5.98. The van der Waals surface area contributed by atoms with Crippen molar-refractivity contribution in [2.75, 3.05) is 13.1 Å². The normalized spacial score (nSPS) is 16.3. The maximum absolute atomic E-state index is 12.0. The van der Waals surface area contributed by atoms with Crippen molar-refractivity contribution in [3.05, 3.63) is 38.9 Å². The van der Waals surface area contributed by atoms with Crippen LogP contribution in [-0.2, 0) is 11.3 Å². The number of nitrogens with one attached hydrogen (secondary N) is 2. The van der Waals surface area contributed by atoms with E-state index < -0.39 is 4.92 Å². The molecule has 1 aliphatic rings. The highest BCUT2D eigenvalue weighted by Crippen LogP contribution is 2.22. The molecule has 1 aliphatic heterocycles. The Hall–Kier alpha value is -1.66. The Morgan fingerprint density at radius 1 is 1.60 bits per heavy atom. The minimum atomic E-state index is -0.482. The van der Waals surface area contributed by atoms with E-state index in [0.29, 0.717) is 16.5 Å². The van der Waals surface area contributed by atoms with E-state index in [2.05, 4.69) is 10.6 Å². The Bertz CT molecular complexity index is 532. The molecule has 1 atom stereocenters. The number of nitrogens with zero attached hydrogens (tertiary/aromatic N) is 1. The molecule has 1 aromatic rings. The predicted molar refractivity (Wildman–Crippen MR) is 75.5 cm³/mol. The van der Waals surface area contributed by atoms with Gasteiger partial charge in [-0.05, 0) is 30.6 Å². The van der Waals surface area contributed by atoms with Gasteiger partial charge in [0.2, 0.25) is 5.91 Å². The van der Waals surface area contributed by atoms with E-state index in [4.69, 9.17) is 11.6 Å². The number of carbonyl (C=O) groups excluding carboxylic acids is 1. The third kappa shape index (κ3) is 3.26. The molecule has 20 heavy (non-hydrogen) atoms. The fourth-order valence-corrected chi connectivity index (χ4v) is 2.22. The smallest absolute Gasteiger partial charge is 0.269 e. The lowest BCUT2D eigenvalue weighted by Gasteiger charge is -2.31. The number of carbonyl (C=O) groups is 1. The van der Waals surface area contributed by atoms with E-state index in [1.54, 1.807) is 0 Å². The van der Waals surface area contributed by atoms with Crippen LogP contribution in [0.3, 0.4) is 0 Å². The summed E-state index contributed by atoms with van der Waals surface area (Å²) in [6.45, 7) is 3.79. The van der Waals surface area contributed by atoms with Crippen molar-refractivity contribution in [1.82, 2.24) is 10.6 Å². The first-order valence-corrected chi connectivity index (χ1v) is 6.78. The SMILES string of the molecule is CC(C(=O)NCc1cc([N+](=O)[O-])ccc1Cl)C1CNC1. The van der Waals surface area contributed by atoms with E-state index in [0.717, 1.165) is 13.1 Å². The summed E-state index contributed by atoms with van der Waals surface area (Å²) < 4.78 is 0. The van der Waals surface area contributed by atoms with Crippen molar-refractivity contribution in [2.24, 2.45) is 11.8 Å². The van der Waals surface area contributed by atoms with E-state index in [1.165, 1.54) is 18.2 Å². The molecule has 0 bridgehead atoms. The van der Waals surface area contributed by atoms with Gasteiger partial charge in [-0.3, -0.25) is 14.9 Å². The zero-order chi connectivity index (χ0) is 14.7. The number of nitro benzene ring substituents is 1. The van der Waals surface area contributed by atoms with Gasteiger partial charge in [-0.2, -0.15) is 0 Å². The summed E-state index contributed by atoms with van der Waals surface area (Å²) in [4.78, 5) is 22.2. The minimum Gasteiger partial charge on any atom is -0.352 e. The number of benzene rings is 1. The predicted octanol–water partition coefficient (Wildman–Crippen LogP) is 1.72. The summed E-state index contributed by atoms with van der Waals surface area (Å²) in [5.41, 5.74) is 0.517. The Morgan fingerprint density at radius 2 is 2.30 bits per heavy atom. The van der Waals surface area contributed by atoms with Crippen LogP contribution in [-0.4, -0.2) is 23.9 Å². The molecule has 0 aromatic heterocycles. The van der Waals surface area contributed by atoms with Gasteiger partial charge in [0.1, 0.15) is 0 Å². The summed E-state index contributed by atoms with van der Waals surface area (Å²) in [6.07, 6.45) is 0. The maximum Gasteiger partial charge on any atom is 0.269 e. The minimum absolute atomic E-state index is 0.0325. The second-order valence-corrected chi connectivity index (χ2v) is 5.36. The van der Waals surface area contributed by atoms with Crippen LogP contribution in [0.5, 0.6) is 0 Å². The molecule has 2 rings (SSSR count). The molecule has 2 N–H and O–H groups in total. The van der Waals surface area contributed by atoms with Crippen molar-refractivity contribution in [1.29, 1.82) is 0 Å². The van der Waals surface area contributed by atoms with Gasteiger partial charge in [-0.15, -0.1) is 0 Å². The zero-order valence-corrected chi connectivity index (χ0v) is 11.8. The Morgan fingerprint density at radius 3 is 2.85 bits per heavy atom. The van der Waals surface area contributed by atoms with Crippen molar-refractivity contribution in [3.63, 3.8) is 0 Å². The van der Waals surface area contributed by atoms with Crippen LogP contribution >= 0.6 is 11.6 Å². The molecule has 1 heterocycles. The summed E-state index contributed by atoms with van der Waals surface area (Å²) in [5.74, 6) is 0.225. The molecule has 0 saturated carbocycles. The van der Waals surface area contributed by atoms with Gasteiger partial charge < -0.3 is 10.6 Å². The number of amides is 1. The largest absolute Gasteiger partial charge is 0.352 e. The lowest BCUT2D eigenvalue weighted by molar-refractivity contribution is -0.384. The van der Waals surface area contributed by atoms with Gasteiger partial charge in [-0.1, -0.05) is 18.5 Å². The summed E-state index contributed by atoms with van der Waals surface area (Å²) in [7, 11) is 0. The van der Waals surface area contributed by atoms with Crippen LogP contribution in [0.15, 0.2) is 18.2 Å². The van der Waals surface area contributed by atoms with Crippen molar-refractivity contribution in [2.45, 2.75) is 13.5 Å². The van der Waals surface area contributed by atoms with E-state index in [9.17, 15) is 14.9 Å². The zero-order valence-electron chi connectivity index (χ0n) is 11.1. The quantitative estimate of drug-likeness (QED) is 0.640. The second-order valence-electron chi connectivity index (χ2n) is 4.96. The average molecular weight is 298 g/mol. The highest BCUT2D eigenvalue weighted by Gasteiger charge is 2.28. The lowest BCUT2D eigenvalue weighted by atomic mass is 9.88. The molecule has 6 nitrogen and oxygen atoms in total. The fraction of sp³-hybridized carbons (Fsp3) is 0.462. The van der Waals surface area contributed by atoms with Crippen LogP contribution < -0.4 is 10.6 Å². The number of nitro groups is 1. The van der Waals surface area contributed by atoms with Gasteiger partial charge >= 0.3 is 0 Å². The Labute approximate surface area is 121 Å². The van der Waals surface area contributed by atoms with Crippen LogP contribution in [0.1, 0.15) is 12.5 Å². The lowest BCUT2D eigenvalue weighted by Crippen LogP contribution is -2.49. The molecule has 0 radical (unpaired) electrons. The van der Waals surface area contributed by atoms with Gasteiger partial charge in [0.15, 0.2) is 0 Å². The average Bonchev–Trinajstić information content (AvgIpc) is 2.34. The number of rotatable bonds is 5. The maximum atomic E-state index is 12.0. The number of hydrogen-bond acceptors (Lipinski definition) is 4. The van der Waals surface area contributed by atoms with Crippen LogP contribution in [0.2, 0.25) is 5.02 Å². The first-order valence-electron chi connectivity index (χ1n) is 6.40. The third-order valence-corrected chi connectivity index (χ3v) is 4.00. The highest BCUT2D eigenvalue weighted by molar-refractivity contribution is 6.31. The molecule has 7 heteroatoms. The summed E-state index contributed by atoms with van der Waals surface area (Å²) in [6, 6.07) is 4.20. The summed E-state index contributed by atoms with van der Waals surface area (Å²) in [5, 5.41) is 17.0. The van der Waals surface area contributed by atoms with Crippen molar-refractivity contribution >= 4 is 23.2 Å². The van der Waals surface area contributed by atoms with E-state index in [1.807, 2.05) is 6.92 Å². The second kappa shape index (κ2) is 6.19. The van der Waals surface area contributed by atoms with E-state index in [-0.39, 0.29) is 24.1 Å². The third-order valence-electron chi connectivity index (χ3n) is 3.63. The molecule has 1 fully saturated rings. The highest BCUT2D eigenvalue weighted by atomic mass is 35.5. The standard InChI is InChI=1S/C13H16ClN3O3/c1-8(10-5-15-6-10)13(18)16-7-9-4-11(17(19)20)2-3-12(9)14/h2-4,8,10,15H,5-7H2,1H3,(H,16,18). The Balaban J connectivity index is 1.97. The molecule has 1 saturated heterocycles. The molecular formula is C13H16ClN3O3. The molecule has 0 spiro atoms. The van der Waals surface area contributed by atoms with Gasteiger partial charge in [0, 0.05) is 29.6 Å². The number of non-ortho nitro benzene ring substituents is 1. The monoisotopic (exact) mass is 297 g/mol. The topological polar surface area (TPSA) is 84.3 Å². The molecular weight excluding hydrogens is 282 g/mol. The van der Waals surface area contributed by atoms with E-state index >= 15 is 0 Å². The molecule has 1 aromatic carbocycles. The van der Waals surface area contributed by atoms with Crippen LogP contribution in [0, 0.1) is 22.0 Å².